The molecule has 68 valence electrons. The predicted octanol–water partition coefficient (Wildman–Crippen LogP) is 0.616. The highest BCUT2D eigenvalue weighted by Gasteiger charge is 2.06. The lowest BCUT2D eigenvalue weighted by molar-refractivity contribution is 0.799. The zero-order valence-electron chi connectivity index (χ0n) is 7.36. The number of pyridine rings is 1. The average molecular weight is 177 g/mol. The molecule has 0 aliphatic carbocycles. The van der Waals surface area contributed by atoms with E-state index in [-0.39, 0.29) is 0 Å². The van der Waals surface area contributed by atoms with Gasteiger partial charge in [-0.3, -0.25) is 0 Å². The molecule has 0 fully saturated rings. The molecule has 2 rings (SSSR count). The number of rotatable bonds is 1. The summed E-state index contributed by atoms with van der Waals surface area (Å²) in [6.07, 6.45) is 1.69. The third-order valence-corrected chi connectivity index (χ3v) is 2.00. The van der Waals surface area contributed by atoms with Crippen molar-refractivity contribution in [1.29, 1.82) is 0 Å². The van der Waals surface area contributed by atoms with Crippen LogP contribution < -0.4 is 11.5 Å². The standard InChI is InChI=1S/C8H11N5/c1-2-13-6-4-11-7(9)3-5(6)12-8(13)10/h3-4H,2H2,1H3,(H2,9,11)(H2,10,12). The molecule has 0 saturated carbocycles. The SMILES string of the molecule is CCn1c(N)nc2cc(N)ncc21. The summed E-state index contributed by atoms with van der Waals surface area (Å²) >= 11 is 0. The van der Waals surface area contributed by atoms with Gasteiger partial charge in [0.15, 0.2) is 0 Å². The second-order valence-electron chi connectivity index (χ2n) is 2.81. The lowest BCUT2D eigenvalue weighted by Crippen LogP contribution is -2.00. The van der Waals surface area contributed by atoms with Crippen molar-refractivity contribution in [2.75, 3.05) is 11.5 Å². The van der Waals surface area contributed by atoms with Gasteiger partial charge in [0.25, 0.3) is 0 Å². The molecule has 0 spiro atoms. The van der Waals surface area contributed by atoms with E-state index >= 15 is 0 Å². The molecule has 0 unspecified atom stereocenters. The molecular weight excluding hydrogens is 166 g/mol. The number of nitrogens with zero attached hydrogens (tertiary/aromatic N) is 3. The molecule has 2 aromatic rings. The number of aromatic nitrogens is 3. The van der Waals surface area contributed by atoms with E-state index in [9.17, 15) is 0 Å². The smallest absolute Gasteiger partial charge is 0.201 e. The molecule has 0 aliphatic heterocycles. The van der Waals surface area contributed by atoms with Gasteiger partial charge in [0.2, 0.25) is 5.95 Å². The minimum Gasteiger partial charge on any atom is -0.384 e. The van der Waals surface area contributed by atoms with Gasteiger partial charge in [-0.1, -0.05) is 0 Å². The van der Waals surface area contributed by atoms with E-state index in [0.29, 0.717) is 11.8 Å². The Morgan fingerprint density at radius 2 is 2.23 bits per heavy atom. The average Bonchev–Trinajstić information content (AvgIpc) is 2.39. The Hall–Kier alpha value is -1.78. The van der Waals surface area contributed by atoms with Crippen LogP contribution in [0.4, 0.5) is 11.8 Å². The van der Waals surface area contributed by atoms with E-state index in [1.54, 1.807) is 12.3 Å². The van der Waals surface area contributed by atoms with Gasteiger partial charge in [-0.05, 0) is 6.92 Å². The topological polar surface area (TPSA) is 82.8 Å². The summed E-state index contributed by atoms with van der Waals surface area (Å²) in [5.74, 6) is 0.971. The second kappa shape index (κ2) is 2.62. The first-order valence-electron chi connectivity index (χ1n) is 4.09. The van der Waals surface area contributed by atoms with Crippen LogP contribution in [0.2, 0.25) is 0 Å². The highest BCUT2D eigenvalue weighted by molar-refractivity contribution is 5.79. The zero-order valence-corrected chi connectivity index (χ0v) is 7.36. The van der Waals surface area contributed by atoms with Gasteiger partial charge in [0, 0.05) is 12.6 Å². The molecule has 0 aliphatic rings. The number of imidazole rings is 1. The third-order valence-electron chi connectivity index (χ3n) is 2.00. The first kappa shape index (κ1) is 7.85. The first-order valence-corrected chi connectivity index (χ1v) is 4.09. The van der Waals surface area contributed by atoms with Crippen LogP contribution in [-0.4, -0.2) is 14.5 Å². The Morgan fingerprint density at radius 1 is 1.46 bits per heavy atom. The molecule has 0 bridgehead atoms. The lowest BCUT2D eigenvalue weighted by atomic mass is 10.4. The van der Waals surface area contributed by atoms with Crippen LogP contribution in [0, 0.1) is 0 Å². The van der Waals surface area contributed by atoms with E-state index in [1.807, 2.05) is 11.5 Å². The van der Waals surface area contributed by atoms with E-state index in [1.165, 1.54) is 0 Å². The van der Waals surface area contributed by atoms with Crippen LogP contribution >= 0.6 is 0 Å². The molecule has 2 heterocycles. The Labute approximate surface area is 75.4 Å². The van der Waals surface area contributed by atoms with Gasteiger partial charge < -0.3 is 16.0 Å². The lowest BCUT2D eigenvalue weighted by Gasteiger charge is -1.99. The highest BCUT2D eigenvalue weighted by atomic mass is 15.2. The third kappa shape index (κ3) is 1.09. The van der Waals surface area contributed by atoms with Crippen LogP contribution in [0.5, 0.6) is 0 Å². The largest absolute Gasteiger partial charge is 0.384 e. The van der Waals surface area contributed by atoms with Crippen LogP contribution in [0.25, 0.3) is 11.0 Å². The van der Waals surface area contributed by atoms with Crippen molar-refractivity contribution in [3.8, 4) is 0 Å². The van der Waals surface area contributed by atoms with Crippen LogP contribution in [-0.2, 0) is 6.54 Å². The van der Waals surface area contributed by atoms with Crippen molar-refractivity contribution < 1.29 is 0 Å². The summed E-state index contributed by atoms with van der Waals surface area (Å²) < 4.78 is 1.89. The molecule has 0 saturated heterocycles. The van der Waals surface area contributed by atoms with Gasteiger partial charge in [-0.15, -0.1) is 0 Å². The normalized spacial score (nSPS) is 10.8. The number of hydrogen-bond donors (Lipinski definition) is 2. The van der Waals surface area contributed by atoms with E-state index in [2.05, 4.69) is 9.97 Å². The van der Waals surface area contributed by atoms with Crippen LogP contribution in [0.3, 0.4) is 0 Å². The monoisotopic (exact) mass is 177 g/mol. The van der Waals surface area contributed by atoms with Gasteiger partial charge in [0.05, 0.1) is 17.2 Å². The number of hydrogen-bond acceptors (Lipinski definition) is 4. The molecular formula is C8H11N5. The van der Waals surface area contributed by atoms with Crippen molar-refractivity contribution in [3.63, 3.8) is 0 Å². The maximum atomic E-state index is 5.70. The summed E-state index contributed by atoms with van der Waals surface area (Å²) in [5.41, 5.74) is 12.9. The van der Waals surface area contributed by atoms with Crippen molar-refractivity contribution in [2.45, 2.75) is 13.5 Å². The van der Waals surface area contributed by atoms with Crippen molar-refractivity contribution in [1.82, 2.24) is 14.5 Å². The number of nitrogen functional groups attached to an aromatic ring is 2. The number of aryl methyl sites for hydroxylation is 1. The molecule has 0 aromatic carbocycles. The predicted molar refractivity (Wildman–Crippen MR) is 52.0 cm³/mol. The summed E-state index contributed by atoms with van der Waals surface area (Å²) in [6.45, 7) is 2.79. The molecule has 5 nitrogen and oxygen atoms in total. The van der Waals surface area contributed by atoms with E-state index in [4.69, 9.17) is 11.5 Å². The molecule has 4 N–H and O–H groups in total. The minimum atomic E-state index is 0.466. The van der Waals surface area contributed by atoms with Crippen molar-refractivity contribution >= 4 is 22.8 Å². The van der Waals surface area contributed by atoms with E-state index in [0.717, 1.165) is 17.6 Å². The summed E-state index contributed by atoms with van der Waals surface area (Å²) in [4.78, 5) is 8.16. The van der Waals surface area contributed by atoms with Crippen molar-refractivity contribution in [2.24, 2.45) is 0 Å². The van der Waals surface area contributed by atoms with Gasteiger partial charge in [0.1, 0.15) is 5.82 Å². The Balaban J connectivity index is 2.79. The molecule has 0 atom stereocenters. The maximum absolute atomic E-state index is 5.70. The Bertz CT molecular complexity index is 445. The molecule has 5 heteroatoms. The fourth-order valence-corrected chi connectivity index (χ4v) is 1.39. The Kier molecular flexibility index (Phi) is 1.58. The Morgan fingerprint density at radius 3 is 2.92 bits per heavy atom. The maximum Gasteiger partial charge on any atom is 0.201 e. The van der Waals surface area contributed by atoms with Gasteiger partial charge in [-0.2, -0.15) is 0 Å². The summed E-state index contributed by atoms with van der Waals surface area (Å²) in [6, 6.07) is 1.72. The number of nitrogens with two attached hydrogens (primary N) is 2. The van der Waals surface area contributed by atoms with Crippen LogP contribution in [0.1, 0.15) is 6.92 Å². The summed E-state index contributed by atoms with van der Waals surface area (Å²) in [5, 5.41) is 0. The molecule has 2 aromatic heterocycles. The highest BCUT2D eigenvalue weighted by Crippen LogP contribution is 2.17. The fraction of sp³-hybridized carbons (Fsp3) is 0.250. The fourth-order valence-electron chi connectivity index (χ4n) is 1.39. The molecule has 0 radical (unpaired) electrons. The summed E-state index contributed by atoms with van der Waals surface area (Å²) in [7, 11) is 0. The molecule has 13 heavy (non-hydrogen) atoms. The second-order valence-corrected chi connectivity index (χ2v) is 2.81. The number of fused-ring (bicyclic) bond motifs is 1. The van der Waals surface area contributed by atoms with Gasteiger partial charge >= 0.3 is 0 Å². The van der Waals surface area contributed by atoms with Crippen LogP contribution in [0.15, 0.2) is 12.3 Å². The first-order chi connectivity index (χ1) is 6.22. The number of anilines is 2. The minimum absolute atomic E-state index is 0.466. The molecule has 0 amide bonds. The quantitative estimate of drug-likeness (QED) is 0.668. The zero-order chi connectivity index (χ0) is 9.42. The van der Waals surface area contributed by atoms with E-state index < -0.39 is 0 Å². The van der Waals surface area contributed by atoms with Gasteiger partial charge in [-0.25, -0.2) is 9.97 Å². The van der Waals surface area contributed by atoms with Crippen molar-refractivity contribution in [3.05, 3.63) is 12.3 Å².